The van der Waals surface area contributed by atoms with Crippen molar-refractivity contribution in [1.29, 1.82) is 0 Å². The fourth-order valence-electron chi connectivity index (χ4n) is 2.97. The largest absolute Gasteiger partial charge is 0.323 e. The smallest absolute Gasteiger partial charge is 0.139 e. The van der Waals surface area contributed by atoms with E-state index in [0.29, 0.717) is 0 Å². The third-order valence-corrected chi connectivity index (χ3v) is 5.92. The molecule has 0 saturated heterocycles. The van der Waals surface area contributed by atoms with E-state index in [4.69, 9.17) is 5.73 Å². The molecule has 1 aliphatic rings. The third kappa shape index (κ3) is 2.78. The number of aryl methyl sites for hydroxylation is 1. The van der Waals surface area contributed by atoms with Gasteiger partial charge in [-0.1, -0.05) is 36.4 Å². The van der Waals surface area contributed by atoms with Crippen LogP contribution in [0.1, 0.15) is 30.0 Å². The summed E-state index contributed by atoms with van der Waals surface area (Å²) in [5.41, 5.74) is 8.63. The van der Waals surface area contributed by atoms with E-state index in [1.54, 1.807) is 18.2 Å². The van der Waals surface area contributed by atoms with Crippen LogP contribution in [0.2, 0.25) is 0 Å². The van der Waals surface area contributed by atoms with Crippen molar-refractivity contribution in [3.05, 3.63) is 65.5 Å². The number of nitrogens with two attached hydrogens (primary N) is 1. The van der Waals surface area contributed by atoms with Crippen molar-refractivity contribution in [1.82, 2.24) is 0 Å². The summed E-state index contributed by atoms with van der Waals surface area (Å²) < 4.78 is 26.7. The maximum Gasteiger partial charge on any atom is 0.139 e. The molecule has 4 heteroatoms. The highest BCUT2D eigenvalue weighted by molar-refractivity contribution is 7.85. The van der Waals surface area contributed by atoms with Gasteiger partial charge in [0.25, 0.3) is 0 Å². The summed E-state index contributed by atoms with van der Waals surface area (Å²) in [6, 6.07) is 14.0. The van der Waals surface area contributed by atoms with E-state index in [1.165, 1.54) is 11.6 Å². The second kappa shape index (κ2) is 6.08. The fraction of sp³-hybridized carbons (Fsp3) is 0.294. The van der Waals surface area contributed by atoms with Crippen molar-refractivity contribution >= 4 is 10.8 Å². The summed E-state index contributed by atoms with van der Waals surface area (Å²) in [6.07, 6.45) is 2.61. The van der Waals surface area contributed by atoms with Crippen LogP contribution in [0, 0.1) is 5.82 Å². The van der Waals surface area contributed by atoms with Gasteiger partial charge in [0.1, 0.15) is 5.82 Å². The zero-order chi connectivity index (χ0) is 14.8. The molecule has 21 heavy (non-hydrogen) atoms. The van der Waals surface area contributed by atoms with Crippen LogP contribution in [-0.4, -0.2) is 9.46 Å². The lowest BCUT2D eigenvalue weighted by atomic mass is 10.00. The Morgan fingerprint density at radius 3 is 2.62 bits per heavy atom. The monoisotopic (exact) mass is 303 g/mol. The lowest BCUT2D eigenvalue weighted by Gasteiger charge is -2.22. The first kappa shape index (κ1) is 14.4. The molecule has 0 amide bonds. The summed E-state index contributed by atoms with van der Waals surface area (Å²) in [5.74, 6) is -0.416. The van der Waals surface area contributed by atoms with Gasteiger partial charge in [0, 0.05) is 6.04 Å². The Labute approximate surface area is 126 Å². The van der Waals surface area contributed by atoms with Gasteiger partial charge in [-0.05, 0) is 42.5 Å². The molecule has 0 saturated carbocycles. The number of fused-ring (bicyclic) bond motifs is 1. The molecule has 2 aromatic carbocycles. The topological polar surface area (TPSA) is 43.1 Å². The summed E-state index contributed by atoms with van der Waals surface area (Å²) in [5, 5.41) is -0.245. The number of rotatable bonds is 2. The molecule has 2 aromatic rings. The highest BCUT2D eigenvalue weighted by atomic mass is 32.2. The number of benzene rings is 2. The van der Waals surface area contributed by atoms with E-state index in [2.05, 4.69) is 6.07 Å². The first-order valence-electron chi connectivity index (χ1n) is 7.17. The normalized spacial score (nSPS) is 23.1. The number of hydrogen-bond donors (Lipinski definition) is 1. The van der Waals surface area contributed by atoms with E-state index >= 15 is 0 Å². The van der Waals surface area contributed by atoms with Crippen molar-refractivity contribution in [2.24, 2.45) is 5.73 Å². The Morgan fingerprint density at radius 2 is 1.81 bits per heavy atom. The Hall–Kier alpha value is -1.52. The first-order valence-corrected chi connectivity index (χ1v) is 8.38. The maximum absolute atomic E-state index is 13.9. The molecule has 3 atom stereocenters. The highest BCUT2D eigenvalue weighted by Crippen LogP contribution is 2.32. The van der Waals surface area contributed by atoms with Gasteiger partial charge >= 0.3 is 0 Å². The lowest BCUT2D eigenvalue weighted by Crippen LogP contribution is -2.30. The van der Waals surface area contributed by atoms with Crippen LogP contribution in [0.4, 0.5) is 4.39 Å². The Kier molecular flexibility index (Phi) is 4.17. The Balaban J connectivity index is 1.96. The highest BCUT2D eigenvalue weighted by Gasteiger charge is 2.30. The van der Waals surface area contributed by atoms with E-state index in [9.17, 15) is 8.60 Å². The standard InChI is InChI=1S/C17H18FNOS/c18-14-9-3-4-10-15(14)21(20)16-11-5-7-12-6-1-2-8-13(12)17(16)19/h1-4,6,8-10,16-17H,5,7,11,19H2. The van der Waals surface area contributed by atoms with Crippen LogP contribution in [0.5, 0.6) is 0 Å². The van der Waals surface area contributed by atoms with Gasteiger partial charge in [0.05, 0.1) is 20.9 Å². The quantitative estimate of drug-likeness (QED) is 0.865. The fourth-order valence-corrected chi connectivity index (χ4v) is 4.56. The predicted octanol–water partition coefficient (Wildman–Crippen LogP) is 3.34. The second-order valence-corrected chi connectivity index (χ2v) is 7.02. The van der Waals surface area contributed by atoms with Crippen LogP contribution < -0.4 is 5.73 Å². The second-order valence-electron chi connectivity index (χ2n) is 5.38. The molecule has 110 valence electrons. The molecule has 0 heterocycles. The number of hydrogen-bond acceptors (Lipinski definition) is 2. The third-order valence-electron chi connectivity index (χ3n) is 4.08. The van der Waals surface area contributed by atoms with Crippen LogP contribution in [-0.2, 0) is 17.2 Å². The molecular weight excluding hydrogens is 285 g/mol. The lowest BCUT2D eigenvalue weighted by molar-refractivity contribution is 0.575. The summed E-state index contributed by atoms with van der Waals surface area (Å²) >= 11 is 0. The Morgan fingerprint density at radius 1 is 1.10 bits per heavy atom. The first-order chi connectivity index (χ1) is 10.2. The van der Waals surface area contributed by atoms with Crippen LogP contribution in [0.15, 0.2) is 53.4 Å². The van der Waals surface area contributed by atoms with Gasteiger partial charge < -0.3 is 5.73 Å². The van der Waals surface area contributed by atoms with Gasteiger partial charge in [0.15, 0.2) is 0 Å². The van der Waals surface area contributed by atoms with Crippen molar-refractivity contribution in [2.45, 2.75) is 35.4 Å². The van der Waals surface area contributed by atoms with Gasteiger partial charge in [-0.2, -0.15) is 0 Å². The Bertz CT molecular complexity index is 673. The number of halogens is 1. The average molecular weight is 303 g/mol. The van der Waals surface area contributed by atoms with E-state index in [0.717, 1.165) is 24.8 Å². The van der Waals surface area contributed by atoms with Gasteiger partial charge in [-0.25, -0.2) is 4.39 Å². The van der Waals surface area contributed by atoms with Crippen LogP contribution in [0.25, 0.3) is 0 Å². The molecule has 0 aliphatic heterocycles. The zero-order valence-electron chi connectivity index (χ0n) is 11.7. The predicted molar refractivity (Wildman–Crippen MR) is 82.9 cm³/mol. The van der Waals surface area contributed by atoms with Crippen molar-refractivity contribution in [3.63, 3.8) is 0 Å². The molecule has 3 unspecified atom stereocenters. The molecular formula is C17H18FNOS. The molecule has 0 fully saturated rings. The van der Waals surface area contributed by atoms with Crippen molar-refractivity contribution in [3.8, 4) is 0 Å². The molecule has 3 rings (SSSR count). The molecule has 0 aromatic heterocycles. The summed E-state index contributed by atoms with van der Waals surface area (Å²) in [6.45, 7) is 0. The van der Waals surface area contributed by atoms with Gasteiger partial charge in [0.2, 0.25) is 0 Å². The van der Waals surface area contributed by atoms with Crippen LogP contribution >= 0.6 is 0 Å². The molecule has 0 spiro atoms. The minimum Gasteiger partial charge on any atom is -0.323 e. The minimum absolute atomic E-state index is 0.245. The zero-order valence-corrected chi connectivity index (χ0v) is 12.5. The summed E-state index contributed by atoms with van der Waals surface area (Å²) in [4.78, 5) is 0.261. The summed E-state index contributed by atoms with van der Waals surface area (Å²) in [7, 11) is -1.43. The van der Waals surface area contributed by atoms with E-state index < -0.39 is 16.6 Å². The van der Waals surface area contributed by atoms with E-state index in [-0.39, 0.29) is 16.2 Å². The van der Waals surface area contributed by atoms with Gasteiger partial charge in [-0.15, -0.1) is 0 Å². The van der Waals surface area contributed by atoms with Crippen molar-refractivity contribution in [2.75, 3.05) is 0 Å². The molecule has 0 bridgehead atoms. The van der Waals surface area contributed by atoms with E-state index in [1.807, 2.05) is 18.2 Å². The average Bonchev–Trinajstić information content (AvgIpc) is 2.67. The molecule has 2 N–H and O–H groups in total. The van der Waals surface area contributed by atoms with Crippen LogP contribution in [0.3, 0.4) is 0 Å². The minimum atomic E-state index is -1.43. The SMILES string of the molecule is NC1c2ccccc2CCCC1S(=O)c1ccccc1F. The van der Waals surface area contributed by atoms with Gasteiger partial charge in [-0.3, -0.25) is 4.21 Å². The molecule has 2 nitrogen and oxygen atoms in total. The van der Waals surface area contributed by atoms with Crippen molar-refractivity contribution < 1.29 is 8.60 Å². The molecule has 1 aliphatic carbocycles. The maximum atomic E-state index is 13.9. The molecule has 0 radical (unpaired) electrons.